The van der Waals surface area contributed by atoms with E-state index in [-0.39, 0.29) is 5.69 Å². The summed E-state index contributed by atoms with van der Waals surface area (Å²) in [4.78, 5) is 22.4. The Morgan fingerprint density at radius 3 is 2.88 bits per heavy atom. The van der Waals surface area contributed by atoms with Crippen LogP contribution in [0.1, 0.15) is 16.1 Å². The van der Waals surface area contributed by atoms with E-state index in [9.17, 15) is 4.79 Å². The number of nitrogens with one attached hydrogen (secondary N) is 1. The zero-order chi connectivity index (χ0) is 12.1. The molecular weight excluding hydrogens is 220 g/mol. The second kappa shape index (κ2) is 5.02. The molecule has 0 aliphatic carbocycles. The molecule has 6 nitrogen and oxygen atoms in total. The molecule has 86 valence electrons. The molecule has 0 radical (unpaired) electrons. The summed E-state index contributed by atoms with van der Waals surface area (Å²) in [5, 5.41) is 11.7. The predicted octanol–water partition coefficient (Wildman–Crippen LogP) is 1.18. The average molecular weight is 230 g/mol. The lowest BCUT2D eigenvalue weighted by Crippen LogP contribution is -2.06. The smallest absolute Gasteiger partial charge is 0.356 e. The van der Waals surface area contributed by atoms with Crippen LogP contribution in [0.15, 0.2) is 36.9 Å². The monoisotopic (exact) mass is 230 g/mol. The minimum atomic E-state index is -1.09. The molecule has 2 rings (SSSR count). The highest BCUT2D eigenvalue weighted by Crippen LogP contribution is 2.05. The van der Waals surface area contributed by atoms with Crippen LogP contribution in [-0.4, -0.2) is 26.0 Å². The quantitative estimate of drug-likeness (QED) is 0.820. The molecule has 0 atom stereocenters. The Kier molecular flexibility index (Phi) is 3.25. The number of aromatic carboxylic acids is 1. The molecule has 0 spiro atoms. The fourth-order valence-corrected chi connectivity index (χ4v) is 1.25. The molecular formula is C11H10N4O2. The van der Waals surface area contributed by atoms with Crippen molar-refractivity contribution in [1.82, 2.24) is 15.0 Å². The summed E-state index contributed by atoms with van der Waals surface area (Å²) in [7, 11) is 0. The highest BCUT2D eigenvalue weighted by Gasteiger charge is 2.05. The van der Waals surface area contributed by atoms with Crippen molar-refractivity contribution in [2.75, 3.05) is 5.32 Å². The van der Waals surface area contributed by atoms with Crippen molar-refractivity contribution in [3.63, 3.8) is 0 Å². The maximum absolute atomic E-state index is 10.7. The molecule has 0 aliphatic rings. The first-order valence-electron chi connectivity index (χ1n) is 4.94. The normalized spacial score (nSPS) is 9.88. The number of pyridine rings is 1. The fourth-order valence-electron chi connectivity index (χ4n) is 1.25. The summed E-state index contributed by atoms with van der Waals surface area (Å²) in [5.74, 6) is -0.670. The Morgan fingerprint density at radius 2 is 2.18 bits per heavy atom. The molecule has 17 heavy (non-hydrogen) atoms. The van der Waals surface area contributed by atoms with Gasteiger partial charge in [-0.05, 0) is 11.6 Å². The van der Waals surface area contributed by atoms with Crippen molar-refractivity contribution in [2.24, 2.45) is 0 Å². The zero-order valence-corrected chi connectivity index (χ0v) is 8.87. The third-order valence-corrected chi connectivity index (χ3v) is 2.05. The lowest BCUT2D eigenvalue weighted by Gasteiger charge is -2.05. The molecule has 0 saturated heterocycles. The number of carbonyl (C=O) groups is 1. The Labute approximate surface area is 97.4 Å². The molecule has 2 N–H and O–H groups in total. The van der Waals surface area contributed by atoms with Crippen LogP contribution >= 0.6 is 0 Å². The van der Waals surface area contributed by atoms with E-state index in [0.29, 0.717) is 12.4 Å². The standard InChI is InChI=1S/C11H10N4O2/c16-11(17)9-6-13-7-10(15-9)14-5-8-2-1-3-12-4-8/h1-4,6-7H,5H2,(H,14,15)(H,16,17). The van der Waals surface area contributed by atoms with Gasteiger partial charge in [0.25, 0.3) is 0 Å². The number of hydrogen-bond donors (Lipinski definition) is 2. The molecule has 0 aliphatic heterocycles. The minimum absolute atomic E-state index is 0.0822. The molecule has 0 bridgehead atoms. The summed E-state index contributed by atoms with van der Waals surface area (Å²) < 4.78 is 0. The van der Waals surface area contributed by atoms with Gasteiger partial charge in [0.05, 0.1) is 12.4 Å². The Hall–Kier alpha value is -2.50. The van der Waals surface area contributed by atoms with Gasteiger partial charge >= 0.3 is 5.97 Å². The van der Waals surface area contributed by atoms with Gasteiger partial charge in [0.1, 0.15) is 5.82 Å². The first-order valence-corrected chi connectivity index (χ1v) is 4.94. The van der Waals surface area contributed by atoms with Gasteiger partial charge in [0.15, 0.2) is 5.69 Å². The lowest BCUT2D eigenvalue weighted by molar-refractivity contribution is 0.0690. The molecule has 2 aromatic rings. The SMILES string of the molecule is O=C(O)c1cncc(NCc2cccnc2)n1. The van der Waals surface area contributed by atoms with Crippen LogP contribution in [0.4, 0.5) is 5.82 Å². The van der Waals surface area contributed by atoms with Gasteiger partial charge in [0.2, 0.25) is 0 Å². The van der Waals surface area contributed by atoms with Gasteiger partial charge in [-0.3, -0.25) is 9.97 Å². The summed E-state index contributed by atoms with van der Waals surface area (Å²) in [5.41, 5.74) is 0.899. The van der Waals surface area contributed by atoms with E-state index in [4.69, 9.17) is 5.11 Å². The summed E-state index contributed by atoms with van der Waals surface area (Å²) in [6.07, 6.45) is 6.09. The maximum Gasteiger partial charge on any atom is 0.356 e. The highest BCUT2D eigenvalue weighted by molar-refractivity contribution is 5.85. The maximum atomic E-state index is 10.7. The van der Waals surface area contributed by atoms with Crippen molar-refractivity contribution in [3.8, 4) is 0 Å². The second-order valence-electron chi connectivity index (χ2n) is 3.31. The van der Waals surface area contributed by atoms with Crippen LogP contribution in [0.2, 0.25) is 0 Å². The molecule has 2 aromatic heterocycles. The Morgan fingerprint density at radius 1 is 1.29 bits per heavy atom. The number of rotatable bonds is 4. The van der Waals surface area contributed by atoms with Crippen molar-refractivity contribution in [3.05, 3.63) is 48.2 Å². The number of aromatic nitrogens is 3. The molecule has 0 aromatic carbocycles. The highest BCUT2D eigenvalue weighted by atomic mass is 16.4. The van der Waals surface area contributed by atoms with Crippen molar-refractivity contribution < 1.29 is 9.90 Å². The van der Waals surface area contributed by atoms with Gasteiger partial charge in [-0.1, -0.05) is 6.07 Å². The van der Waals surface area contributed by atoms with Crippen LogP contribution in [0.3, 0.4) is 0 Å². The predicted molar refractivity (Wildman–Crippen MR) is 60.6 cm³/mol. The Balaban J connectivity index is 2.04. The topological polar surface area (TPSA) is 88.0 Å². The van der Waals surface area contributed by atoms with Gasteiger partial charge < -0.3 is 10.4 Å². The number of carboxylic acids is 1. The van der Waals surface area contributed by atoms with Crippen LogP contribution in [0.5, 0.6) is 0 Å². The van der Waals surface area contributed by atoms with Gasteiger partial charge in [-0.15, -0.1) is 0 Å². The number of hydrogen-bond acceptors (Lipinski definition) is 5. The molecule has 0 unspecified atom stereocenters. The zero-order valence-electron chi connectivity index (χ0n) is 8.87. The van der Waals surface area contributed by atoms with E-state index in [1.807, 2.05) is 12.1 Å². The van der Waals surface area contributed by atoms with E-state index >= 15 is 0 Å². The van der Waals surface area contributed by atoms with Crippen LogP contribution < -0.4 is 5.32 Å². The average Bonchev–Trinajstić information content (AvgIpc) is 2.38. The first-order chi connectivity index (χ1) is 8.25. The molecule has 2 heterocycles. The number of nitrogens with zero attached hydrogens (tertiary/aromatic N) is 3. The van der Waals surface area contributed by atoms with Crippen molar-refractivity contribution >= 4 is 11.8 Å². The third kappa shape index (κ3) is 2.97. The molecule has 0 saturated carbocycles. The Bertz CT molecular complexity index is 516. The molecule has 6 heteroatoms. The first kappa shape index (κ1) is 11.0. The van der Waals surface area contributed by atoms with Crippen LogP contribution in [0, 0.1) is 0 Å². The summed E-state index contributed by atoms with van der Waals surface area (Å²) in [6, 6.07) is 3.74. The van der Waals surface area contributed by atoms with Crippen molar-refractivity contribution in [2.45, 2.75) is 6.54 Å². The third-order valence-electron chi connectivity index (χ3n) is 2.05. The molecule has 0 fully saturated rings. The van der Waals surface area contributed by atoms with Crippen LogP contribution in [-0.2, 0) is 6.54 Å². The van der Waals surface area contributed by atoms with E-state index < -0.39 is 5.97 Å². The van der Waals surface area contributed by atoms with E-state index in [1.54, 1.807) is 12.4 Å². The van der Waals surface area contributed by atoms with Crippen molar-refractivity contribution in [1.29, 1.82) is 0 Å². The van der Waals surface area contributed by atoms with E-state index in [2.05, 4.69) is 20.3 Å². The largest absolute Gasteiger partial charge is 0.476 e. The number of carboxylic acid groups (broad SMARTS) is 1. The summed E-state index contributed by atoms with van der Waals surface area (Å²) >= 11 is 0. The lowest BCUT2D eigenvalue weighted by atomic mass is 10.3. The fraction of sp³-hybridized carbons (Fsp3) is 0.0909. The van der Waals surface area contributed by atoms with E-state index in [0.717, 1.165) is 5.56 Å². The molecule has 0 amide bonds. The van der Waals surface area contributed by atoms with E-state index in [1.165, 1.54) is 12.4 Å². The second-order valence-corrected chi connectivity index (χ2v) is 3.31. The van der Waals surface area contributed by atoms with Crippen LogP contribution in [0.25, 0.3) is 0 Å². The number of anilines is 1. The summed E-state index contributed by atoms with van der Waals surface area (Å²) in [6.45, 7) is 0.519. The minimum Gasteiger partial charge on any atom is -0.476 e. The van der Waals surface area contributed by atoms with Gasteiger partial charge in [-0.25, -0.2) is 9.78 Å². The van der Waals surface area contributed by atoms with Gasteiger partial charge in [-0.2, -0.15) is 0 Å². The van der Waals surface area contributed by atoms with Gasteiger partial charge in [0, 0.05) is 18.9 Å².